The van der Waals surface area contributed by atoms with Crippen molar-refractivity contribution in [2.75, 3.05) is 13.7 Å². The highest BCUT2D eigenvalue weighted by Gasteiger charge is 2.04. The van der Waals surface area contributed by atoms with Crippen LogP contribution in [0.15, 0.2) is 66.7 Å². The van der Waals surface area contributed by atoms with E-state index in [9.17, 15) is 4.79 Å². The molecule has 24 heavy (non-hydrogen) atoms. The lowest BCUT2D eigenvalue weighted by Gasteiger charge is -2.04. The summed E-state index contributed by atoms with van der Waals surface area (Å²) >= 11 is 0. The fourth-order valence-electron chi connectivity index (χ4n) is 2.44. The maximum atomic E-state index is 12.2. The molecule has 0 atom stereocenters. The quantitative estimate of drug-likeness (QED) is 0.750. The molecule has 0 heterocycles. The predicted molar refractivity (Wildman–Crippen MR) is 96.2 cm³/mol. The Balaban J connectivity index is 1.66. The molecule has 0 spiro atoms. The lowest BCUT2D eigenvalue weighted by atomic mass is 10.1. The molecule has 0 unspecified atom stereocenters. The van der Waals surface area contributed by atoms with Gasteiger partial charge in [-0.2, -0.15) is 0 Å². The summed E-state index contributed by atoms with van der Waals surface area (Å²) in [6.45, 7) is 0.281. The molecule has 0 radical (unpaired) electrons. The van der Waals surface area contributed by atoms with Crippen LogP contribution in [0.4, 0.5) is 0 Å². The van der Waals surface area contributed by atoms with Crippen molar-refractivity contribution in [3.8, 4) is 17.6 Å². The maximum Gasteiger partial charge on any atom is 0.252 e. The van der Waals surface area contributed by atoms with Gasteiger partial charge in [-0.25, -0.2) is 0 Å². The number of amides is 1. The number of hydrogen-bond acceptors (Lipinski definition) is 2. The molecule has 0 aliphatic heterocycles. The molecule has 3 aromatic carbocycles. The van der Waals surface area contributed by atoms with E-state index in [-0.39, 0.29) is 12.5 Å². The Hall–Kier alpha value is -3.25. The topological polar surface area (TPSA) is 38.3 Å². The zero-order chi connectivity index (χ0) is 16.8. The van der Waals surface area contributed by atoms with Crippen LogP contribution in [0.25, 0.3) is 10.8 Å². The van der Waals surface area contributed by atoms with E-state index < -0.39 is 0 Å². The van der Waals surface area contributed by atoms with Crippen LogP contribution in [0.3, 0.4) is 0 Å². The van der Waals surface area contributed by atoms with E-state index in [0.29, 0.717) is 5.56 Å². The normalized spacial score (nSPS) is 9.88. The van der Waals surface area contributed by atoms with Crippen molar-refractivity contribution < 1.29 is 9.53 Å². The van der Waals surface area contributed by atoms with Gasteiger partial charge in [-0.15, -0.1) is 0 Å². The molecule has 0 bridgehead atoms. The number of carbonyl (C=O) groups is 1. The van der Waals surface area contributed by atoms with Crippen molar-refractivity contribution >= 4 is 16.7 Å². The van der Waals surface area contributed by atoms with Gasteiger partial charge in [0, 0.05) is 5.56 Å². The Bertz CT molecular complexity index is 935. The molecule has 0 saturated carbocycles. The van der Waals surface area contributed by atoms with Crippen LogP contribution in [0, 0.1) is 11.8 Å². The average Bonchev–Trinajstić information content (AvgIpc) is 2.65. The van der Waals surface area contributed by atoms with E-state index in [1.165, 1.54) is 0 Å². The third-order valence-electron chi connectivity index (χ3n) is 3.68. The van der Waals surface area contributed by atoms with Gasteiger partial charge in [-0.1, -0.05) is 54.3 Å². The van der Waals surface area contributed by atoms with E-state index >= 15 is 0 Å². The van der Waals surface area contributed by atoms with Crippen LogP contribution >= 0.6 is 0 Å². The summed E-state index contributed by atoms with van der Waals surface area (Å²) in [5, 5.41) is 4.98. The molecule has 3 nitrogen and oxygen atoms in total. The van der Waals surface area contributed by atoms with E-state index in [1.54, 1.807) is 7.11 Å². The number of benzene rings is 3. The standard InChI is InChI=1S/C21H17NO2/c1-24-20-11-5-4-8-17(20)10-6-14-22-21(23)19-13-12-16-7-2-3-9-18(16)15-19/h2-5,7-9,11-13,15H,14H2,1H3,(H,22,23). The highest BCUT2D eigenvalue weighted by atomic mass is 16.5. The van der Waals surface area contributed by atoms with Gasteiger partial charge in [0.15, 0.2) is 0 Å². The smallest absolute Gasteiger partial charge is 0.252 e. The van der Waals surface area contributed by atoms with Crippen molar-refractivity contribution in [2.24, 2.45) is 0 Å². The summed E-state index contributed by atoms with van der Waals surface area (Å²) in [7, 11) is 1.61. The molecule has 0 aliphatic carbocycles. The summed E-state index contributed by atoms with van der Waals surface area (Å²) in [6, 6.07) is 21.2. The number of carbonyl (C=O) groups excluding carboxylic acids is 1. The average molecular weight is 315 g/mol. The van der Waals surface area contributed by atoms with Crippen LogP contribution in [-0.2, 0) is 0 Å². The highest BCUT2D eigenvalue weighted by molar-refractivity contribution is 5.98. The Morgan fingerprint density at radius 1 is 1.00 bits per heavy atom. The fraction of sp³-hybridized carbons (Fsp3) is 0.0952. The molecule has 3 heteroatoms. The first kappa shape index (κ1) is 15.6. The number of fused-ring (bicyclic) bond motifs is 1. The predicted octanol–water partition coefficient (Wildman–Crippen LogP) is 3.63. The molecular formula is C21H17NO2. The zero-order valence-corrected chi connectivity index (χ0v) is 13.4. The molecule has 0 saturated heterocycles. The summed E-state index contributed by atoms with van der Waals surface area (Å²) < 4.78 is 5.24. The van der Waals surface area contributed by atoms with Gasteiger partial charge in [0.1, 0.15) is 5.75 Å². The third-order valence-corrected chi connectivity index (χ3v) is 3.68. The molecule has 0 aliphatic rings. The van der Waals surface area contributed by atoms with E-state index in [4.69, 9.17) is 4.74 Å². The van der Waals surface area contributed by atoms with Crippen molar-refractivity contribution in [1.82, 2.24) is 5.32 Å². The van der Waals surface area contributed by atoms with E-state index in [1.807, 2.05) is 66.7 Å². The second-order valence-corrected chi connectivity index (χ2v) is 5.25. The summed E-state index contributed by atoms with van der Waals surface area (Å²) in [5.74, 6) is 6.56. The van der Waals surface area contributed by atoms with Crippen LogP contribution in [-0.4, -0.2) is 19.6 Å². The van der Waals surface area contributed by atoms with Crippen LogP contribution < -0.4 is 10.1 Å². The fourth-order valence-corrected chi connectivity index (χ4v) is 2.44. The number of ether oxygens (including phenoxy) is 1. The van der Waals surface area contributed by atoms with Crippen LogP contribution in [0.1, 0.15) is 15.9 Å². The third kappa shape index (κ3) is 3.56. The first-order chi connectivity index (χ1) is 11.8. The molecule has 0 fully saturated rings. The largest absolute Gasteiger partial charge is 0.495 e. The zero-order valence-electron chi connectivity index (χ0n) is 13.4. The lowest BCUT2D eigenvalue weighted by molar-refractivity contribution is 0.0959. The van der Waals surface area contributed by atoms with Crippen LogP contribution in [0.5, 0.6) is 5.75 Å². The molecular weight excluding hydrogens is 298 g/mol. The Kier molecular flexibility index (Phi) is 4.78. The molecule has 1 N–H and O–H groups in total. The van der Waals surface area contributed by atoms with Crippen LogP contribution in [0.2, 0.25) is 0 Å². The minimum Gasteiger partial charge on any atom is -0.495 e. The molecule has 3 rings (SSSR count). The van der Waals surface area contributed by atoms with Crippen molar-refractivity contribution in [3.63, 3.8) is 0 Å². The number of rotatable bonds is 3. The van der Waals surface area contributed by atoms with Gasteiger partial charge in [-0.3, -0.25) is 4.79 Å². The minimum absolute atomic E-state index is 0.130. The Labute approximate surface area is 141 Å². The lowest BCUT2D eigenvalue weighted by Crippen LogP contribution is -2.23. The molecule has 0 aromatic heterocycles. The van der Waals surface area contributed by atoms with Gasteiger partial charge in [-0.05, 0) is 35.0 Å². The number of nitrogens with one attached hydrogen (secondary N) is 1. The first-order valence-electron chi connectivity index (χ1n) is 7.67. The van der Waals surface area contributed by atoms with Crippen molar-refractivity contribution in [3.05, 3.63) is 77.9 Å². The molecule has 118 valence electrons. The first-order valence-corrected chi connectivity index (χ1v) is 7.67. The molecule has 1 amide bonds. The van der Waals surface area contributed by atoms with E-state index in [0.717, 1.165) is 22.1 Å². The SMILES string of the molecule is COc1ccccc1C#CCNC(=O)c1ccc2ccccc2c1. The van der Waals surface area contributed by atoms with E-state index in [2.05, 4.69) is 17.2 Å². The maximum absolute atomic E-state index is 12.2. The van der Waals surface area contributed by atoms with Gasteiger partial charge < -0.3 is 10.1 Å². The second-order valence-electron chi connectivity index (χ2n) is 5.25. The summed E-state index contributed by atoms with van der Waals surface area (Å²) in [6.07, 6.45) is 0. The Morgan fingerprint density at radius 2 is 1.75 bits per heavy atom. The van der Waals surface area contributed by atoms with Gasteiger partial charge in [0.05, 0.1) is 19.2 Å². The van der Waals surface area contributed by atoms with Gasteiger partial charge in [0.25, 0.3) is 5.91 Å². The summed E-state index contributed by atoms with van der Waals surface area (Å²) in [4.78, 5) is 12.2. The van der Waals surface area contributed by atoms with Crippen molar-refractivity contribution in [1.29, 1.82) is 0 Å². The summed E-state index contributed by atoms with van der Waals surface area (Å²) in [5.41, 5.74) is 1.44. The monoisotopic (exact) mass is 315 g/mol. The highest BCUT2D eigenvalue weighted by Crippen LogP contribution is 2.16. The van der Waals surface area contributed by atoms with Crippen molar-refractivity contribution in [2.45, 2.75) is 0 Å². The molecule has 3 aromatic rings. The Morgan fingerprint density at radius 3 is 2.58 bits per heavy atom. The van der Waals surface area contributed by atoms with Gasteiger partial charge in [0.2, 0.25) is 0 Å². The number of hydrogen-bond donors (Lipinski definition) is 1. The number of para-hydroxylation sites is 1. The number of methoxy groups -OCH3 is 1. The second kappa shape index (κ2) is 7.34. The minimum atomic E-state index is -0.130. The van der Waals surface area contributed by atoms with Gasteiger partial charge >= 0.3 is 0 Å².